The van der Waals surface area contributed by atoms with Gasteiger partial charge in [-0.3, -0.25) is 0 Å². The molecular formula is C38H54. The predicted octanol–water partition coefficient (Wildman–Crippen LogP) is 11.8. The number of hydrogen-bond acceptors (Lipinski definition) is 0. The summed E-state index contributed by atoms with van der Waals surface area (Å²) in [7, 11) is 0. The van der Waals surface area contributed by atoms with E-state index in [0.29, 0.717) is 6.04 Å². The van der Waals surface area contributed by atoms with Crippen LogP contribution in [0.5, 0.6) is 0 Å². The SMILES string of the molecule is [2H]c1c(-c2ccccc2)cc(CCCCCCCC)cc1-c1ccc(C(C)(C)C)c(C(C)(C)C)c1C(C)(C)C. The first-order valence-electron chi connectivity index (χ1n) is 15.5. The van der Waals surface area contributed by atoms with E-state index in [9.17, 15) is 1.37 Å². The zero-order valence-corrected chi connectivity index (χ0v) is 26.1. The van der Waals surface area contributed by atoms with Gasteiger partial charge in [0.1, 0.15) is 0 Å². The quantitative estimate of drug-likeness (QED) is 0.251. The maximum atomic E-state index is 9.51. The lowest BCUT2D eigenvalue weighted by molar-refractivity contribution is 0.499. The summed E-state index contributed by atoms with van der Waals surface area (Å²) in [6, 6.07) is 20.5. The second-order valence-electron chi connectivity index (χ2n) is 14.4. The van der Waals surface area contributed by atoms with Crippen molar-refractivity contribution in [2.75, 3.05) is 0 Å². The van der Waals surface area contributed by atoms with Gasteiger partial charge in [-0.05, 0) is 79.6 Å². The third-order valence-electron chi connectivity index (χ3n) is 7.64. The number of hydrogen-bond donors (Lipinski definition) is 0. The van der Waals surface area contributed by atoms with Crippen LogP contribution in [-0.2, 0) is 22.7 Å². The summed E-state index contributed by atoms with van der Waals surface area (Å²) in [6.07, 6.45) is 8.84. The summed E-state index contributed by atoms with van der Waals surface area (Å²) in [5, 5.41) is 0. The molecule has 0 aliphatic heterocycles. The Morgan fingerprint density at radius 3 is 1.74 bits per heavy atom. The minimum absolute atomic E-state index is 0.0121. The third kappa shape index (κ3) is 7.62. The summed E-state index contributed by atoms with van der Waals surface area (Å²) < 4.78 is 9.51. The van der Waals surface area contributed by atoms with Gasteiger partial charge in [0, 0.05) is 0 Å². The Morgan fingerprint density at radius 2 is 1.16 bits per heavy atom. The molecule has 0 fully saturated rings. The van der Waals surface area contributed by atoms with Gasteiger partial charge in [0.2, 0.25) is 0 Å². The van der Waals surface area contributed by atoms with E-state index in [1.807, 2.05) is 0 Å². The molecule has 0 atom stereocenters. The fraction of sp³-hybridized carbons (Fsp3) is 0.526. The van der Waals surface area contributed by atoms with Crippen LogP contribution < -0.4 is 0 Å². The van der Waals surface area contributed by atoms with Crippen LogP contribution in [0.2, 0.25) is 0 Å². The van der Waals surface area contributed by atoms with Gasteiger partial charge in [-0.15, -0.1) is 0 Å². The molecule has 0 bridgehead atoms. The number of benzene rings is 3. The van der Waals surface area contributed by atoms with Crippen molar-refractivity contribution >= 4 is 0 Å². The Bertz CT molecular complexity index is 1230. The molecular weight excluding hydrogens is 456 g/mol. The van der Waals surface area contributed by atoms with Crippen molar-refractivity contribution in [1.82, 2.24) is 0 Å². The summed E-state index contributed by atoms with van der Waals surface area (Å²) in [5.74, 6) is 0. The fourth-order valence-electron chi connectivity index (χ4n) is 5.81. The van der Waals surface area contributed by atoms with Crippen LogP contribution in [0.4, 0.5) is 0 Å². The van der Waals surface area contributed by atoms with Gasteiger partial charge in [0.25, 0.3) is 0 Å². The second-order valence-corrected chi connectivity index (χ2v) is 14.4. The minimum atomic E-state index is -0.0617. The van der Waals surface area contributed by atoms with Gasteiger partial charge in [-0.25, -0.2) is 0 Å². The Labute approximate surface area is 236 Å². The lowest BCUT2D eigenvalue weighted by Crippen LogP contribution is -2.28. The summed E-state index contributed by atoms with van der Waals surface area (Å²) in [4.78, 5) is 0. The molecule has 0 spiro atoms. The molecule has 0 N–H and O–H groups in total. The molecule has 0 saturated heterocycles. The molecule has 0 radical (unpaired) electrons. The topological polar surface area (TPSA) is 0 Å². The first kappa shape index (κ1) is 28.7. The molecule has 0 heteroatoms. The average molecular weight is 512 g/mol. The van der Waals surface area contributed by atoms with Crippen molar-refractivity contribution in [3.05, 3.63) is 82.9 Å². The van der Waals surface area contributed by atoms with Crippen molar-refractivity contribution in [2.24, 2.45) is 0 Å². The van der Waals surface area contributed by atoms with Crippen LogP contribution in [0, 0.1) is 0 Å². The fourth-order valence-corrected chi connectivity index (χ4v) is 5.81. The summed E-state index contributed by atoms with van der Waals surface area (Å²) >= 11 is 0. The second kappa shape index (κ2) is 12.2. The lowest BCUT2D eigenvalue weighted by Gasteiger charge is -2.38. The van der Waals surface area contributed by atoms with E-state index in [0.717, 1.165) is 23.1 Å². The molecule has 0 amide bonds. The maximum Gasteiger partial charge on any atom is 0.0636 e. The van der Waals surface area contributed by atoms with Crippen LogP contribution in [0.3, 0.4) is 0 Å². The van der Waals surface area contributed by atoms with E-state index in [2.05, 4.69) is 124 Å². The number of rotatable bonds is 9. The van der Waals surface area contributed by atoms with Gasteiger partial charge in [0.15, 0.2) is 0 Å². The molecule has 3 aromatic carbocycles. The highest BCUT2D eigenvalue weighted by Crippen LogP contribution is 2.46. The van der Waals surface area contributed by atoms with Crippen molar-refractivity contribution in [3.8, 4) is 22.3 Å². The largest absolute Gasteiger partial charge is 0.0654 e. The molecule has 0 aliphatic rings. The van der Waals surface area contributed by atoms with Crippen molar-refractivity contribution in [2.45, 2.75) is 130 Å². The molecule has 3 rings (SSSR count). The predicted molar refractivity (Wildman–Crippen MR) is 170 cm³/mol. The minimum Gasteiger partial charge on any atom is -0.0654 e. The lowest BCUT2D eigenvalue weighted by atomic mass is 9.66. The van der Waals surface area contributed by atoms with Crippen LogP contribution in [-0.4, -0.2) is 0 Å². The number of aryl methyl sites for hydroxylation is 1. The summed E-state index contributed by atoms with van der Waals surface area (Å²) in [5.41, 5.74) is 10.1. The van der Waals surface area contributed by atoms with Crippen LogP contribution in [0.25, 0.3) is 22.3 Å². The van der Waals surface area contributed by atoms with E-state index >= 15 is 0 Å². The van der Waals surface area contributed by atoms with Crippen LogP contribution in [0.15, 0.2) is 60.6 Å². The molecule has 0 aliphatic carbocycles. The molecule has 0 unspecified atom stereocenters. The van der Waals surface area contributed by atoms with Crippen molar-refractivity contribution in [1.29, 1.82) is 0 Å². The maximum absolute atomic E-state index is 9.51. The van der Waals surface area contributed by atoms with Crippen LogP contribution in [0.1, 0.15) is 131 Å². The smallest absolute Gasteiger partial charge is 0.0636 e. The molecule has 3 aromatic rings. The Kier molecular flexibility index (Phi) is 9.23. The van der Waals surface area contributed by atoms with Gasteiger partial charge < -0.3 is 0 Å². The molecule has 0 nitrogen and oxygen atoms in total. The van der Waals surface area contributed by atoms with Gasteiger partial charge in [-0.1, -0.05) is 156 Å². The number of unbranched alkanes of at least 4 members (excludes halogenated alkanes) is 5. The zero-order chi connectivity index (χ0) is 29.0. The molecule has 0 heterocycles. The Hall–Kier alpha value is -2.34. The van der Waals surface area contributed by atoms with E-state index in [4.69, 9.17) is 0 Å². The van der Waals surface area contributed by atoms with Gasteiger partial charge in [0.05, 0.1) is 1.37 Å². The molecule has 38 heavy (non-hydrogen) atoms. The molecule has 0 saturated carbocycles. The van der Waals surface area contributed by atoms with Crippen LogP contribution >= 0.6 is 0 Å². The Morgan fingerprint density at radius 1 is 0.579 bits per heavy atom. The van der Waals surface area contributed by atoms with Gasteiger partial charge in [-0.2, -0.15) is 0 Å². The van der Waals surface area contributed by atoms with Gasteiger partial charge >= 0.3 is 0 Å². The molecule has 206 valence electrons. The van der Waals surface area contributed by atoms with Crippen molar-refractivity contribution < 1.29 is 1.37 Å². The van der Waals surface area contributed by atoms with E-state index in [1.165, 1.54) is 66.3 Å². The zero-order valence-electron chi connectivity index (χ0n) is 27.1. The Balaban J connectivity index is 2.27. The van der Waals surface area contributed by atoms with E-state index < -0.39 is 0 Å². The summed E-state index contributed by atoms with van der Waals surface area (Å²) in [6.45, 7) is 23.3. The van der Waals surface area contributed by atoms with E-state index in [1.54, 1.807) is 0 Å². The monoisotopic (exact) mass is 511 g/mol. The normalized spacial score (nSPS) is 13.1. The van der Waals surface area contributed by atoms with Crippen molar-refractivity contribution in [3.63, 3.8) is 0 Å². The first-order valence-corrected chi connectivity index (χ1v) is 15.0. The highest BCUT2D eigenvalue weighted by molar-refractivity contribution is 5.78. The highest BCUT2D eigenvalue weighted by atomic mass is 14.4. The van der Waals surface area contributed by atoms with E-state index in [-0.39, 0.29) is 16.2 Å². The average Bonchev–Trinajstić information content (AvgIpc) is 2.85. The standard InChI is InChI=1S/C38H54/c1-11-12-13-14-15-17-20-28-25-30(29-21-18-16-19-22-29)27-31(26-28)32-23-24-33(36(2,3)4)35(38(8,9)10)34(32)37(5,6)7/h16,18-19,21-27H,11-15,17,20H2,1-10H3/i27D. The molecule has 0 aromatic heterocycles. The third-order valence-corrected chi connectivity index (χ3v) is 7.64. The first-order chi connectivity index (χ1) is 18.2. The highest BCUT2D eigenvalue weighted by Gasteiger charge is 2.33.